The van der Waals surface area contributed by atoms with E-state index in [1.165, 1.54) is 16.0 Å². The van der Waals surface area contributed by atoms with Gasteiger partial charge in [-0.15, -0.1) is 16.4 Å². The van der Waals surface area contributed by atoms with E-state index < -0.39 is 0 Å². The van der Waals surface area contributed by atoms with Gasteiger partial charge >= 0.3 is 6.01 Å². The normalized spacial score (nSPS) is 11.0. The van der Waals surface area contributed by atoms with E-state index in [0.717, 1.165) is 4.88 Å². The van der Waals surface area contributed by atoms with Crippen LogP contribution in [0.25, 0.3) is 10.7 Å². The van der Waals surface area contributed by atoms with Crippen LogP contribution in [-0.4, -0.2) is 41.0 Å². The van der Waals surface area contributed by atoms with Crippen molar-refractivity contribution in [1.29, 1.82) is 0 Å². The van der Waals surface area contributed by atoms with Gasteiger partial charge in [-0.1, -0.05) is 19.9 Å². The van der Waals surface area contributed by atoms with Gasteiger partial charge in [0.2, 0.25) is 5.91 Å². The monoisotopic (exact) mass is 309 g/mol. The molecule has 2 aromatic rings. The number of rotatable bonds is 7. The summed E-state index contributed by atoms with van der Waals surface area (Å²) < 4.78 is 11.7. The molecule has 0 aliphatic heterocycles. The van der Waals surface area contributed by atoms with Crippen LogP contribution in [0.15, 0.2) is 17.5 Å². The van der Waals surface area contributed by atoms with E-state index >= 15 is 0 Å². The highest BCUT2D eigenvalue weighted by Crippen LogP contribution is 2.25. The lowest BCUT2D eigenvalue weighted by Crippen LogP contribution is -2.16. The Morgan fingerprint density at radius 1 is 1.43 bits per heavy atom. The number of hydrogen-bond acceptors (Lipinski definition) is 6. The molecule has 0 atom stereocenters. The molecule has 114 valence electrons. The smallest absolute Gasteiger partial charge is 0.336 e. The number of carbonyl (C=O) groups is 1. The van der Waals surface area contributed by atoms with Crippen LogP contribution in [0.1, 0.15) is 25.1 Å². The molecule has 6 nitrogen and oxygen atoms in total. The lowest BCUT2D eigenvalue weighted by Gasteiger charge is -2.05. The van der Waals surface area contributed by atoms with Crippen molar-refractivity contribution in [3.8, 4) is 16.7 Å². The number of thiophene rings is 1. The Morgan fingerprint density at radius 2 is 2.24 bits per heavy atom. The fourth-order valence-corrected chi connectivity index (χ4v) is 2.44. The van der Waals surface area contributed by atoms with E-state index in [1.807, 2.05) is 31.4 Å². The average Bonchev–Trinajstić information content (AvgIpc) is 3.06. The molecule has 0 fully saturated rings. The SMILES string of the molecule is COCCOc1nc(-c2cccs2)n(C(=O)CC(C)C)n1. The summed E-state index contributed by atoms with van der Waals surface area (Å²) in [5, 5.41) is 6.11. The predicted octanol–water partition coefficient (Wildman–Crippen LogP) is 2.72. The van der Waals surface area contributed by atoms with Gasteiger partial charge in [0.15, 0.2) is 5.82 Å². The maximum atomic E-state index is 12.3. The summed E-state index contributed by atoms with van der Waals surface area (Å²) >= 11 is 1.51. The first-order valence-corrected chi connectivity index (χ1v) is 7.65. The van der Waals surface area contributed by atoms with E-state index in [4.69, 9.17) is 9.47 Å². The highest BCUT2D eigenvalue weighted by molar-refractivity contribution is 7.13. The van der Waals surface area contributed by atoms with E-state index in [-0.39, 0.29) is 17.8 Å². The second-order valence-electron chi connectivity index (χ2n) is 4.94. The molecule has 0 spiro atoms. The van der Waals surface area contributed by atoms with Crippen LogP contribution in [0.3, 0.4) is 0 Å². The fraction of sp³-hybridized carbons (Fsp3) is 0.500. The molecule has 2 rings (SSSR count). The third-order valence-electron chi connectivity index (χ3n) is 2.67. The van der Waals surface area contributed by atoms with Crippen molar-refractivity contribution in [3.05, 3.63) is 17.5 Å². The number of methoxy groups -OCH3 is 1. The van der Waals surface area contributed by atoms with Gasteiger partial charge in [0.05, 0.1) is 11.5 Å². The van der Waals surface area contributed by atoms with E-state index in [2.05, 4.69) is 10.1 Å². The molecule has 0 saturated heterocycles. The molecule has 0 radical (unpaired) electrons. The third-order valence-corrected chi connectivity index (χ3v) is 3.53. The number of aromatic nitrogens is 3. The second kappa shape index (κ2) is 7.33. The van der Waals surface area contributed by atoms with Gasteiger partial charge in [-0.05, 0) is 17.4 Å². The number of nitrogens with zero attached hydrogens (tertiary/aromatic N) is 3. The van der Waals surface area contributed by atoms with Gasteiger partial charge in [-0.3, -0.25) is 4.79 Å². The minimum Gasteiger partial charge on any atom is -0.460 e. The van der Waals surface area contributed by atoms with Crippen molar-refractivity contribution in [1.82, 2.24) is 14.8 Å². The van der Waals surface area contributed by atoms with Gasteiger partial charge < -0.3 is 9.47 Å². The maximum Gasteiger partial charge on any atom is 0.336 e. The van der Waals surface area contributed by atoms with Crippen LogP contribution >= 0.6 is 11.3 Å². The average molecular weight is 309 g/mol. The first-order valence-electron chi connectivity index (χ1n) is 6.77. The van der Waals surface area contributed by atoms with E-state index in [0.29, 0.717) is 25.5 Å². The molecule has 0 bridgehead atoms. The largest absolute Gasteiger partial charge is 0.460 e. The molecule has 21 heavy (non-hydrogen) atoms. The molecule has 0 unspecified atom stereocenters. The Kier molecular flexibility index (Phi) is 5.46. The predicted molar refractivity (Wildman–Crippen MR) is 80.8 cm³/mol. The molecular formula is C14H19N3O3S. The Morgan fingerprint density at radius 3 is 2.86 bits per heavy atom. The third kappa shape index (κ3) is 4.12. The zero-order valence-corrected chi connectivity index (χ0v) is 13.2. The topological polar surface area (TPSA) is 66.2 Å². The fourth-order valence-electron chi connectivity index (χ4n) is 1.75. The molecule has 0 aliphatic rings. The Labute approximate surface area is 127 Å². The van der Waals surface area contributed by atoms with Gasteiger partial charge in [0.1, 0.15) is 6.61 Å². The first kappa shape index (κ1) is 15.7. The van der Waals surface area contributed by atoms with Crippen LogP contribution in [0.4, 0.5) is 0 Å². The lowest BCUT2D eigenvalue weighted by atomic mass is 10.1. The number of ether oxygens (including phenoxy) is 2. The minimum absolute atomic E-state index is 0.0810. The lowest BCUT2D eigenvalue weighted by molar-refractivity contribution is 0.0869. The van der Waals surface area contributed by atoms with E-state index in [1.54, 1.807) is 7.11 Å². The zero-order chi connectivity index (χ0) is 15.2. The zero-order valence-electron chi connectivity index (χ0n) is 12.4. The highest BCUT2D eigenvalue weighted by atomic mass is 32.1. The molecule has 2 heterocycles. The first-order chi connectivity index (χ1) is 10.1. The maximum absolute atomic E-state index is 12.3. The molecule has 7 heteroatoms. The number of hydrogen-bond donors (Lipinski definition) is 0. The van der Waals surface area contributed by atoms with Crippen molar-refractivity contribution in [2.75, 3.05) is 20.3 Å². The summed E-state index contributed by atoms with van der Waals surface area (Å²) in [5.74, 6) is 0.710. The summed E-state index contributed by atoms with van der Waals surface area (Å²) in [4.78, 5) is 17.5. The summed E-state index contributed by atoms with van der Waals surface area (Å²) in [6.07, 6.45) is 0.416. The second-order valence-corrected chi connectivity index (χ2v) is 5.89. The Bertz CT molecular complexity index is 578. The van der Waals surface area contributed by atoms with Crippen LogP contribution in [0.5, 0.6) is 6.01 Å². The minimum atomic E-state index is -0.0810. The van der Waals surface area contributed by atoms with Crippen LogP contribution in [0, 0.1) is 5.92 Å². The van der Waals surface area contributed by atoms with Crippen LogP contribution in [-0.2, 0) is 4.74 Å². The summed E-state index contributed by atoms with van der Waals surface area (Å²) in [6, 6.07) is 4.03. The molecule has 0 saturated carbocycles. The molecular weight excluding hydrogens is 290 g/mol. The van der Waals surface area contributed by atoms with Gasteiger partial charge in [0, 0.05) is 13.5 Å². The molecule has 0 N–H and O–H groups in total. The van der Waals surface area contributed by atoms with Crippen molar-refractivity contribution in [3.63, 3.8) is 0 Å². The van der Waals surface area contributed by atoms with Crippen molar-refractivity contribution < 1.29 is 14.3 Å². The summed E-state index contributed by atoms with van der Waals surface area (Å²) in [7, 11) is 1.60. The molecule has 2 aromatic heterocycles. The summed E-state index contributed by atoms with van der Waals surface area (Å²) in [5.41, 5.74) is 0. The van der Waals surface area contributed by atoms with Crippen LogP contribution < -0.4 is 4.74 Å². The van der Waals surface area contributed by atoms with E-state index in [9.17, 15) is 4.79 Å². The standard InChI is InChI=1S/C14H19N3O3S/c1-10(2)9-12(18)17-13(11-5-4-8-21-11)15-14(16-17)20-7-6-19-3/h4-5,8,10H,6-7,9H2,1-3H3. The molecule has 0 aliphatic carbocycles. The van der Waals surface area contributed by atoms with Crippen molar-refractivity contribution in [2.45, 2.75) is 20.3 Å². The summed E-state index contributed by atoms with van der Waals surface area (Å²) in [6.45, 7) is 4.79. The molecule has 0 amide bonds. The molecule has 0 aromatic carbocycles. The number of carbonyl (C=O) groups excluding carboxylic acids is 1. The van der Waals surface area contributed by atoms with Crippen molar-refractivity contribution in [2.24, 2.45) is 5.92 Å². The Balaban J connectivity index is 2.25. The van der Waals surface area contributed by atoms with Gasteiger partial charge in [-0.2, -0.15) is 9.67 Å². The quantitative estimate of drug-likeness (QED) is 0.736. The van der Waals surface area contributed by atoms with Gasteiger partial charge in [0.25, 0.3) is 0 Å². The van der Waals surface area contributed by atoms with Crippen LogP contribution in [0.2, 0.25) is 0 Å². The Hall–Kier alpha value is -1.73. The highest BCUT2D eigenvalue weighted by Gasteiger charge is 2.19. The van der Waals surface area contributed by atoms with Crippen molar-refractivity contribution >= 4 is 17.2 Å². The van der Waals surface area contributed by atoms with Gasteiger partial charge in [-0.25, -0.2) is 0 Å².